The third kappa shape index (κ3) is 4.03. The summed E-state index contributed by atoms with van der Waals surface area (Å²) < 4.78 is 0. The summed E-state index contributed by atoms with van der Waals surface area (Å²) in [7, 11) is 0. The molecule has 1 N–H and O–H groups in total. The average molecular weight is 228 g/mol. The summed E-state index contributed by atoms with van der Waals surface area (Å²) in [6, 6.07) is 1.40. The Balaban J connectivity index is 2.50. The molecule has 0 saturated carbocycles. The fourth-order valence-electron chi connectivity index (χ4n) is 0.966. The first kappa shape index (κ1) is 11.6. The van der Waals surface area contributed by atoms with E-state index >= 15 is 0 Å². The number of amides is 1. The molecule has 0 aromatic carbocycles. The number of hydrogen-bond donors (Lipinski definition) is 1. The van der Waals surface area contributed by atoms with Gasteiger partial charge >= 0.3 is 0 Å². The zero-order valence-corrected chi connectivity index (χ0v) is 8.91. The Labute approximate surface area is 91.9 Å². The Hall–Kier alpha value is -1.49. The van der Waals surface area contributed by atoms with Crippen molar-refractivity contribution in [3.8, 4) is 0 Å². The minimum atomic E-state index is -0.173. The van der Waals surface area contributed by atoms with Crippen LogP contribution in [0.2, 0.25) is 5.15 Å². The highest BCUT2D eigenvalue weighted by molar-refractivity contribution is 6.29. The first-order valence-electron chi connectivity index (χ1n) is 4.35. The molecule has 1 aromatic rings. The van der Waals surface area contributed by atoms with Crippen LogP contribution in [0.1, 0.15) is 23.8 Å². The van der Waals surface area contributed by atoms with Gasteiger partial charge in [-0.2, -0.15) is 0 Å². The van der Waals surface area contributed by atoms with Crippen LogP contribution in [0.4, 0.5) is 0 Å². The van der Waals surface area contributed by atoms with Gasteiger partial charge in [0, 0.05) is 26.0 Å². The Morgan fingerprint density at radius 1 is 1.47 bits per heavy atom. The van der Waals surface area contributed by atoms with E-state index < -0.39 is 0 Å². The predicted molar refractivity (Wildman–Crippen MR) is 54.7 cm³/mol. The standard InChI is InChI=1S/C9H10ClN3O2/c1-6(14)11-3-2-8(15)7-4-9(10)13-5-12-7/h4-5H,2-3H2,1H3,(H,11,14). The van der Waals surface area contributed by atoms with Crippen molar-refractivity contribution in [2.45, 2.75) is 13.3 Å². The van der Waals surface area contributed by atoms with Gasteiger partial charge in [-0.05, 0) is 0 Å². The third-order valence-electron chi connectivity index (χ3n) is 1.65. The van der Waals surface area contributed by atoms with Crippen molar-refractivity contribution in [2.75, 3.05) is 6.54 Å². The SMILES string of the molecule is CC(=O)NCCC(=O)c1cc(Cl)ncn1. The van der Waals surface area contributed by atoms with Gasteiger partial charge in [-0.25, -0.2) is 9.97 Å². The summed E-state index contributed by atoms with van der Waals surface area (Å²) in [5.41, 5.74) is 0.264. The maximum absolute atomic E-state index is 11.5. The van der Waals surface area contributed by atoms with E-state index in [1.807, 2.05) is 0 Å². The van der Waals surface area contributed by atoms with Gasteiger partial charge in [0.15, 0.2) is 5.78 Å². The Bertz CT molecular complexity index is 381. The van der Waals surface area contributed by atoms with Crippen molar-refractivity contribution in [2.24, 2.45) is 0 Å². The number of carbonyl (C=O) groups excluding carboxylic acids is 2. The van der Waals surface area contributed by atoms with Gasteiger partial charge in [-0.3, -0.25) is 9.59 Å². The van der Waals surface area contributed by atoms with E-state index in [-0.39, 0.29) is 29.0 Å². The monoisotopic (exact) mass is 227 g/mol. The largest absolute Gasteiger partial charge is 0.356 e. The summed E-state index contributed by atoms with van der Waals surface area (Å²) in [4.78, 5) is 29.5. The summed E-state index contributed by atoms with van der Waals surface area (Å²) in [5, 5.41) is 2.75. The molecule has 1 heterocycles. The van der Waals surface area contributed by atoms with Crippen LogP contribution in [-0.4, -0.2) is 28.2 Å². The van der Waals surface area contributed by atoms with Gasteiger partial charge in [0.2, 0.25) is 5.91 Å². The summed E-state index contributed by atoms with van der Waals surface area (Å²) in [6.07, 6.45) is 1.43. The van der Waals surface area contributed by atoms with E-state index in [4.69, 9.17) is 11.6 Å². The fourth-order valence-corrected chi connectivity index (χ4v) is 1.11. The molecule has 0 fully saturated rings. The molecule has 1 amide bonds. The molecule has 0 spiro atoms. The van der Waals surface area contributed by atoms with Crippen LogP contribution in [0.5, 0.6) is 0 Å². The number of hydrogen-bond acceptors (Lipinski definition) is 4. The number of carbonyl (C=O) groups is 2. The molecule has 5 nitrogen and oxygen atoms in total. The number of aromatic nitrogens is 2. The van der Waals surface area contributed by atoms with Crippen molar-refractivity contribution >= 4 is 23.3 Å². The molecule has 0 bridgehead atoms. The Morgan fingerprint density at radius 2 is 2.20 bits per heavy atom. The topological polar surface area (TPSA) is 72.0 Å². The minimum Gasteiger partial charge on any atom is -0.356 e. The molecule has 1 aromatic heterocycles. The van der Waals surface area contributed by atoms with Crippen molar-refractivity contribution in [1.29, 1.82) is 0 Å². The molecular weight excluding hydrogens is 218 g/mol. The smallest absolute Gasteiger partial charge is 0.216 e. The number of nitrogens with one attached hydrogen (secondary N) is 1. The van der Waals surface area contributed by atoms with E-state index in [1.54, 1.807) is 0 Å². The highest BCUT2D eigenvalue weighted by Gasteiger charge is 2.07. The fraction of sp³-hybridized carbons (Fsp3) is 0.333. The normalized spacial score (nSPS) is 9.73. The van der Waals surface area contributed by atoms with Crippen LogP contribution < -0.4 is 5.32 Å². The van der Waals surface area contributed by atoms with Gasteiger partial charge in [-0.15, -0.1) is 0 Å². The lowest BCUT2D eigenvalue weighted by atomic mass is 10.2. The van der Waals surface area contributed by atoms with Crippen molar-refractivity contribution in [3.05, 3.63) is 23.2 Å². The van der Waals surface area contributed by atoms with Gasteiger partial charge in [0.25, 0.3) is 0 Å². The van der Waals surface area contributed by atoms with Crippen molar-refractivity contribution in [3.63, 3.8) is 0 Å². The first-order chi connectivity index (χ1) is 7.09. The molecule has 0 aliphatic heterocycles. The zero-order valence-electron chi connectivity index (χ0n) is 8.16. The van der Waals surface area contributed by atoms with Crippen LogP contribution in [-0.2, 0) is 4.79 Å². The molecule has 0 unspecified atom stereocenters. The highest BCUT2D eigenvalue weighted by atomic mass is 35.5. The second-order valence-corrected chi connectivity index (χ2v) is 3.27. The molecular formula is C9H10ClN3O2. The van der Waals surface area contributed by atoms with Gasteiger partial charge in [-0.1, -0.05) is 11.6 Å². The van der Waals surface area contributed by atoms with Gasteiger partial charge in [0.05, 0.1) is 0 Å². The maximum Gasteiger partial charge on any atom is 0.216 e. The summed E-state index contributed by atoms with van der Waals surface area (Å²) >= 11 is 5.60. The Kier molecular flexibility index (Phi) is 4.17. The second-order valence-electron chi connectivity index (χ2n) is 2.88. The number of ketones is 1. The molecule has 0 saturated heterocycles. The lowest BCUT2D eigenvalue weighted by Crippen LogP contribution is -2.23. The molecule has 80 valence electrons. The van der Waals surface area contributed by atoms with Gasteiger partial charge in [0.1, 0.15) is 17.2 Å². The second kappa shape index (κ2) is 5.41. The predicted octanol–water partition coefficient (Wildman–Crippen LogP) is 0.839. The summed E-state index contributed by atoms with van der Waals surface area (Å²) in [5.74, 6) is -0.337. The quantitative estimate of drug-likeness (QED) is 0.611. The number of rotatable bonds is 4. The zero-order chi connectivity index (χ0) is 11.3. The van der Waals surface area contributed by atoms with Gasteiger partial charge < -0.3 is 5.32 Å². The van der Waals surface area contributed by atoms with Crippen LogP contribution in [0, 0.1) is 0 Å². The van der Waals surface area contributed by atoms with Crippen LogP contribution in [0.15, 0.2) is 12.4 Å². The Morgan fingerprint density at radius 3 is 2.80 bits per heavy atom. The number of halogens is 1. The molecule has 0 atom stereocenters. The minimum absolute atomic E-state index is 0.163. The van der Waals surface area contributed by atoms with Crippen molar-refractivity contribution in [1.82, 2.24) is 15.3 Å². The van der Waals surface area contributed by atoms with E-state index in [0.29, 0.717) is 6.54 Å². The maximum atomic E-state index is 11.5. The lowest BCUT2D eigenvalue weighted by molar-refractivity contribution is -0.118. The molecule has 6 heteroatoms. The number of Topliss-reactive ketones (excluding diaryl/α,β-unsaturated/α-hetero) is 1. The summed E-state index contributed by atoms with van der Waals surface area (Å²) in [6.45, 7) is 1.70. The van der Waals surface area contributed by atoms with E-state index in [1.165, 1.54) is 19.3 Å². The third-order valence-corrected chi connectivity index (χ3v) is 1.85. The van der Waals surface area contributed by atoms with Crippen LogP contribution >= 0.6 is 11.6 Å². The molecule has 1 rings (SSSR count). The van der Waals surface area contributed by atoms with Crippen LogP contribution in [0.25, 0.3) is 0 Å². The van der Waals surface area contributed by atoms with Crippen LogP contribution in [0.3, 0.4) is 0 Å². The molecule has 0 aliphatic rings. The highest BCUT2D eigenvalue weighted by Crippen LogP contribution is 2.05. The van der Waals surface area contributed by atoms with E-state index in [2.05, 4.69) is 15.3 Å². The van der Waals surface area contributed by atoms with E-state index in [9.17, 15) is 9.59 Å². The van der Waals surface area contributed by atoms with Crippen molar-refractivity contribution < 1.29 is 9.59 Å². The lowest BCUT2D eigenvalue weighted by Gasteiger charge is -2.01. The first-order valence-corrected chi connectivity index (χ1v) is 4.72. The molecule has 0 aliphatic carbocycles. The van der Waals surface area contributed by atoms with E-state index in [0.717, 1.165) is 0 Å². The molecule has 15 heavy (non-hydrogen) atoms. The average Bonchev–Trinajstić information content (AvgIpc) is 2.17. The number of nitrogens with zero attached hydrogens (tertiary/aromatic N) is 2. The molecule has 0 radical (unpaired) electrons.